The zero-order valence-electron chi connectivity index (χ0n) is 9.93. The second kappa shape index (κ2) is 3.42. The van der Waals surface area contributed by atoms with Crippen LogP contribution in [0.25, 0.3) is 0 Å². The maximum Gasteiger partial charge on any atom is 0.228 e. The van der Waals surface area contributed by atoms with Crippen LogP contribution in [0, 0.1) is 5.41 Å². The molecule has 2 rings (SSSR count). The Bertz CT molecular complexity index is 312. The molecule has 2 aliphatic rings. The van der Waals surface area contributed by atoms with Gasteiger partial charge in [-0.3, -0.25) is 4.79 Å². The molecule has 3 atom stereocenters. The van der Waals surface area contributed by atoms with Gasteiger partial charge < -0.3 is 19.8 Å². The normalized spacial score (nSPS) is 39.3. The maximum absolute atomic E-state index is 11.9. The molecule has 2 aliphatic heterocycles. The Balaban J connectivity index is 2.36. The van der Waals surface area contributed by atoms with E-state index in [4.69, 9.17) is 4.74 Å². The van der Waals surface area contributed by atoms with Crippen molar-refractivity contribution in [2.75, 3.05) is 13.2 Å². The molecule has 2 saturated heterocycles. The summed E-state index contributed by atoms with van der Waals surface area (Å²) in [5.74, 6) is -0.140. The molecule has 0 aromatic carbocycles. The largest absolute Gasteiger partial charge is 0.394 e. The predicted octanol–water partition coefficient (Wildman–Crippen LogP) is -0.287. The second-order valence-electron chi connectivity index (χ2n) is 5.77. The van der Waals surface area contributed by atoms with Crippen molar-refractivity contribution in [2.24, 2.45) is 5.41 Å². The number of ether oxygens (including phenoxy) is 1. The Kier molecular flexibility index (Phi) is 2.53. The molecule has 0 radical (unpaired) electrons. The van der Waals surface area contributed by atoms with E-state index in [1.165, 1.54) is 4.90 Å². The number of aliphatic hydroxyl groups excluding tert-OH is 2. The van der Waals surface area contributed by atoms with E-state index in [1.807, 2.05) is 20.8 Å². The molecule has 16 heavy (non-hydrogen) atoms. The summed E-state index contributed by atoms with van der Waals surface area (Å²) in [6.45, 7) is 5.88. The van der Waals surface area contributed by atoms with E-state index in [2.05, 4.69) is 0 Å². The molecule has 0 unspecified atom stereocenters. The molecule has 1 amide bonds. The SMILES string of the molecule is CC(C)(C)[C@H]1OC[C@]2(CO)[C@H](O)CC(=O)N12. The summed E-state index contributed by atoms with van der Waals surface area (Å²) in [6.07, 6.45) is -1.13. The molecule has 0 spiro atoms. The summed E-state index contributed by atoms with van der Waals surface area (Å²) in [5, 5.41) is 19.4. The first-order valence-corrected chi connectivity index (χ1v) is 5.55. The minimum absolute atomic E-state index is 0.0799. The zero-order valence-corrected chi connectivity index (χ0v) is 9.93. The lowest BCUT2D eigenvalue weighted by Gasteiger charge is -2.37. The van der Waals surface area contributed by atoms with Crippen LogP contribution < -0.4 is 0 Å². The molecule has 92 valence electrons. The molecule has 2 fully saturated rings. The van der Waals surface area contributed by atoms with Crippen molar-refractivity contribution in [3.63, 3.8) is 0 Å². The van der Waals surface area contributed by atoms with Crippen LogP contribution in [0.3, 0.4) is 0 Å². The predicted molar refractivity (Wildman–Crippen MR) is 56.5 cm³/mol. The smallest absolute Gasteiger partial charge is 0.228 e. The number of carbonyl (C=O) groups is 1. The van der Waals surface area contributed by atoms with E-state index in [-0.39, 0.29) is 37.2 Å². The van der Waals surface area contributed by atoms with Crippen molar-refractivity contribution in [1.29, 1.82) is 0 Å². The van der Waals surface area contributed by atoms with Crippen LogP contribution in [0.1, 0.15) is 27.2 Å². The number of hydrogen-bond acceptors (Lipinski definition) is 4. The summed E-state index contributed by atoms with van der Waals surface area (Å²) >= 11 is 0. The van der Waals surface area contributed by atoms with Crippen LogP contribution in [-0.4, -0.2) is 52.1 Å². The van der Waals surface area contributed by atoms with Gasteiger partial charge in [0.2, 0.25) is 5.91 Å². The zero-order chi connectivity index (χ0) is 12.1. The van der Waals surface area contributed by atoms with E-state index in [1.54, 1.807) is 0 Å². The first kappa shape index (κ1) is 11.8. The molecule has 5 heteroatoms. The van der Waals surface area contributed by atoms with Crippen molar-refractivity contribution >= 4 is 5.91 Å². The quantitative estimate of drug-likeness (QED) is 0.648. The Morgan fingerprint density at radius 2 is 2.19 bits per heavy atom. The van der Waals surface area contributed by atoms with Crippen molar-refractivity contribution in [2.45, 2.75) is 45.1 Å². The van der Waals surface area contributed by atoms with E-state index in [9.17, 15) is 15.0 Å². The highest BCUT2D eigenvalue weighted by atomic mass is 16.5. The third-order valence-corrected chi connectivity index (χ3v) is 3.48. The highest BCUT2D eigenvalue weighted by molar-refractivity contribution is 5.81. The van der Waals surface area contributed by atoms with Crippen molar-refractivity contribution in [1.82, 2.24) is 4.90 Å². The minimum atomic E-state index is -0.922. The average Bonchev–Trinajstić information content (AvgIpc) is 2.65. The number of aliphatic hydroxyl groups is 2. The number of carbonyl (C=O) groups excluding carboxylic acids is 1. The Hall–Kier alpha value is -0.650. The monoisotopic (exact) mass is 229 g/mol. The molecule has 5 nitrogen and oxygen atoms in total. The number of rotatable bonds is 1. The van der Waals surface area contributed by atoms with Crippen LogP contribution >= 0.6 is 0 Å². The fourth-order valence-corrected chi connectivity index (χ4v) is 2.55. The molecule has 2 heterocycles. The van der Waals surface area contributed by atoms with Crippen LogP contribution in [0.15, 0.2) is 0 Å². The van der Waals surface area contributed by atoms with Gasteiger partial charge in [0, 0.05) is 5.41 Å². The highest BCUT2D eigenvalue weighted by Crippen LogP contribution is 2.43. The van der Waals surface area contributed by atoms with E-state index >= 15 is 0 Å². The standard InChI is InChI=1S/C11H19NO4/c1-10(2,3)9-12-8(15)4-7(14)11(12,5-13)6-16-9/h7,9,13-14H,4-6H2,1-3H3/t7-,9-,11-/m1/s1. The Morgan fingerprint density at radius 3 is 2.69 bits per heavy atom. The molecular weight excluding hydrogens is 210 g/mol. The van der Waals surface area contributed by atoms with Crippen molar-refractivity contribution < 1.29 is 19.7 Å². The number of hydrogen-bond donors (Lipinski definition) is 2. The topological polar surface area (TPSA) is 70.0 Å². The number of fused-ring (bicyclic) bond motifs is 1. The van der Waals surface area contributed by atoms with Gasteiger partial charge in [0.15, 0.2) is 0 Å². The molecule has 0 saturated carbocycles. The first-order valence-electron chi connectivity index (χ1n) is 5.55. The van der Waals surface area contributed by atoms with Gasteiger partial charge in [-0.1, -0.05) is 20.8 Å². The highest BCUT2D eigenvalue weighted by Gasteiger charge is 2.61. The summed E-state index contributed by atoms with van der Waals surface area (Å²) in [5.41, 5.74) is -1.15. The van der Waals surface area contributed by atoms with E-state index < -0.39 is 11.6 Å². The van der Waals surface area contributed by atoms with Crippen LogP contribution in [0.2, 0.25) is 0 Å². The summed E-state index contributed by atoms with van der Waals surface area (Å²) in [4.78, 5) is 13.4. The molecular formula is C11H19NO4. The van der Waals surface area contributed by atoms with Gasteiger partial charge in [0.05, 0.1) is 25.7 Å². The molecule has 0 aromatic rings. The lowest BCUT2D eigenvalue weighted by atomic mass is 9.91. The second-order valence-corrected chi connectivity index (χ2v) is 5.77. The Labute approximate surface area is 95.0 Å². The minimum Gasteiger partial charge on any atom is -0.394 e. The first-order chi connectivity index (χ1) is 7.33. The van der Waals surface area contributed by atoms with Crippen molar-refractivity contribution in [3.8, 4) is 0 Å². The van der Waals surface area contributed by atoms with Gasteiger partial charge in [-0.25, -0.2) is 0 Å². The summed E-state index contributed by atoms with van der Waals surface area (Å²) < 4.78 is 5.60. The molecule has 0 bridgehead atoms. The lowest BCUT2D eigenvalue weighted by molar-refractivity contribution is -0.142. The van der Waals surface area contributed by atoms with Crippen molar-refractivity contribution in [3.05, 3.63) is 0 Å². The van der Waals surface area contributed by atoms with E-state index in [0.29, 0.717) is 0 Å². The molecule has 0 aromatic heterocycles. The fraction of sp³-hybridized carbons (Fsp3) is 0.909. The maximum atomic E-state index is 11.9. The molecule has 0 aliphatic carbocycles. The average molecular weight is 229 g/mol. The van der Waals surface area contributed by atoms with Crippen LogP contribution in [-0.2, 0) is 9.53 Å². The van der Waals surface area contributed by atoms with Gasteiger partial charge in [0.1, 0.15) is 11.8 Å². The molecule has 2 N–H and O–H groups in total. The van der Waals surface area contributed by atoms with Gasteiger partial charge in [0.25, 0.3) is 0 Å². The van der Waals surface area contributed by atoms with Gasteiger partial charge >= 0.3 is 0 Å². The van der Waals surface area contributed by atoms with Crippen LogP contribution in [0.4, 0.5) is 0 Å². The Morgan fingerprint density at radius 1 is 1.56 bits per heavy atom. The number of amides is 1. The lowest BCUT2D eigenvalue weighted by Crippen LogP contribution is -2.56. The summed E-state index contributed by atoms with van der Waals surface area (Å²) in [6, 6.07) is 0. The van der Waals surface area contributed by atoms with Crippen LogP contribution in [0.5, 0.6) is 0 Å². The van der Waals surface area contributed by atoms with Gasteiger partial charge in [-0.15, -0.1) is 0 Å². The summed E-state index contributed by atoms with van der Waals surface area (Å²) in [7, 11) is 0. The van der Waals surface area contributed by atoms with E-state index in [0.717, 1.165) is 0 Å². The fourth-order valence-electron chi connectivity index (χ4n) is 2.55. The number of nitrogens with zero attached hydrogens (tertiary/aromatic N) is 1. The van der Waals surface area contributed by atoms with Gasteiger partial charge in [-0.05, 0) is 0 Å². The third kappa shape index (κ3) is 1.38. The van der Waals surface area contributed by atoms with Gasteiger partial charge in [-0.2, -0.15) is 0 Å². The third-order valence-electron chi connectivity index (χ3n) is 3.48.